The Labute approximate surface area is 145 Å². The number of carbonyl (C=O) groups excluding carboxylic acids is 4. The van der Waals surface area contributed by atoms with Crippen LogP contribution in [0.3, 0.4) is 0 Å². The van der Waals surface area contributed by atoms with Crippen molar-refractivity contribution in [3.63, 3.8) is 0 Å². The van der Waals surface area contributed by atoms with Crippen molar-refractivity contribution in [3.05, 3.63) is 29.8 Å². The van der Waals surface area contributed by atoms with Gasteiger partial charge in [0.25, 0.3) is 5.91 Å². The summed E-state index contributed by atoms with van der Waals surface area (Å²) in [6.45, 7) is 3.89. The van der Waals surface area contributed by atoms with Gasteiger partial charge in [0.15, 0.2) is 12.4 Å². The lowest BCUT2D eigenvalue weighted by Gasteiger charge is -2.06. The van der Waals surface area contributed by atoms with Gasteiger partial charge in [-0.2, -0.15) is 0 Å². The topological polar surface area (TPSA) is 111 Å². The van der Waals surface area contributed by atoms with Gasteiger partial charge < -0.3 is 14.8 Å². The summed E-state index contributed by atoms with van der Waals surface area (Å²) >= 11 is 0. The maximum atomic E-state index is 12.0. The van der Waals surface area contributed by atoms with Crippen LogP contribution < -0.4 is 15.4 Å². The minimum atomic E-state index is -0.739. The smallest absolute Gasteiger partial charge is 0.321 e. The van der Waals surface area contributed by atoms with Crippen LogP contribution in [0.1, 0.15) is 37.0 Å². The first-order valence-electron chi connectivity index (χ1n) is 7.95. The van der Waals surface area contributed by atoms with E-state index in [9.17, 15) is 19.2 Å². The summed E-state index contributed by atoms with van der Waals surface area (Å²) in [4.78, 5) is 46.0. The predicted molar refractivity (Wildman–Crippen MR) is 89.3 cm³/mol. The number of hydrogen-bond acceptors (Lipinski definition) is 6. The number of imide groups is 1. The van der Waals surface area contributed by atoms with E-state index in [1.165, 1.54) is 0 Å². The van der Waals surface area contributed by atoms with Crippen LogP contribution in [0.2, 0.25) is 0 Å². The largest absolute Gasteiger partial charge is 0.494 e. The molecule has 3 amide bonds. The Balaban J connectivity index is 2.32. The lowest BCUT2D eigenvalue weighted by molar-refractivity contribution is -0.148. The van der Waals surface area contributed by atoms with Crippen LogP contribution in [0.15, 0.2) is 24.3 Å². The van der Waals surface area contributed by atoms with E-state index in [-0.39, 0.29) is 18.6 Å². The first kappa shape index (κ1) is 20.1. The third-order valence-electron chi connectivity index (χ3n) is 3.00. The van der Waals surface area contributed by atoms with Crippen LogP contribution in [0.5, 0.6) is 5.75 Å². The quantitative estimate of drug-likeness (QED) is 0.515. The standard InChI is InChI=1S/C17H22N2O6/c1-3-18-17(23)19-15(21)11-25-16(22)10-9-14(20)12-5-7-13(8-6-12)24-4-2/h5-8H,3-4,9-11H2,1-2H3,(H2,18,19,21,23). The molecule has 1 rings (SSSR count). The minimum absolute atomic E-state index is 0.0369. The fourth-order valence-electron chi connectivity index (χ4n) is 1.85. The molecule has 0 heterocycles. The molecule has 0 radical (unpaired) electrons. The van der Waals surface area contributed by atoms with E-state index in [2.05, 4.69) is 5.32 Å². The Morgan fingerprint density at radius 2 is 1.68 bits per heavy atom. The number of ketones is 1. The summed E-state index contributed by atoms with van der Waals surface area (Å²) in [6, 6.07) is 5.95. The molecule has 8 heteroatoms. The van der Waals surface area contributed by atoms with Crippen LogP contribution in [0.25, 0.3) is 0 Å². The average Bonchev–Trinajstić information content (AvgIpc) is 2.59. The highest BCUT2D eigenvalue weighted by Crippen LogP contribution is 2.14. The van der Waals surface area contributed by atoms with E-state index < -0.39 is 24.5 Å². The Morgan fingerprint density at radius 3 is 2.28 bits per heavy atom. The summed E-state index contributed by atoms with van der Waals surface area (Å²) in [5, 5.41) is 4.37. The molecule has 0 aliphatic carbocycles. The third kappa shape index (κ3) is 7.96. The van der Waals surface area contributed by atoms with Crippen LogP contribution in [0, 0.1) is 0 Å². The van der Waals surface area contributed by atoms with Crippen LogP contribution in [-0.4, -0.2) is 43.4 Å². The normalized spacial score (nSPS) is 9.84. The second-order valence-corrected chi connectivity index (χ2v) is 4.95. The van der Waals surface area contributed by atoms with Gasteiger partial charge in [0.2, 0.25) is 0 Å². The van der Waals surface area contributed by atoms with E-state index in [4.69, 9.17) is 9.47 Å². The molecule has 0 fully saturated rings. The molecule has 8 nitrogen and oxygen atoms in total. The first-order valence-corrected chi connectivity index (χ1v) is 7.95. The summed E-state index contributed by atoms with van der Waals surface area (Å²) in [7, 11) is 0. The monoisotopic (exact) mass is 350 g/mol. The molecule has 0 aliphatic heterocycles. The zero-order valence-electron chi connectivity index (χ0n) is 14.3. The van der Waals surface area contributed by atoms with Gasteiger partial charge in [-0.15, -0.1) is 0 Å². The zero-order valence-corrected chi connectivity index (χ0v) is 14.3. The number of esters is 1. The maximum Gasteiger partial charge on any atom is 0.321 e. The van der Waals surface area contributed by atoms with Crippen molar-refractivity contribution in [2.45, 2.75) is 26.7 Å². The molecule has 1 aromatic rings. The SMILES string of the molecule is CCNC(=O)NC(=O)COC(=O)CCC(=O)c1ccc(OCC)cc1. The summed E-state index contributed by atoms with van der Waals surface area (Å²) in [5.41, 5.74) is 0.463. The Bertz CT molecular complexity index is 612. The van der Waals surface area contributed by atoms with E-state index in [1.807, 2.05) is 12.2 Å². The summed E-state index contributed by atoms with van der Waals surface area (Å²) in [5.74, 6) is -0.981. The molecule has 0 aliphatic rings. The number of hydrogen-bond donors (Lipinski definition) is 2. The van der Waals surface area contributed by atoms with E-state index in [0.717, 1.165) is 0 Å². The van der Waals surface area contributed by atoms with Gasteiger partial charge in [0.1, 0.15) is 5.75 Å². The molecule has 0 bridgehead atoms. The predicted octanol–water partition coefficient (Wildman–Crippen LogP) is 1.44. The molecule has 0 saturated heterocycles. The molecule has 0 saturated carbocycles. The number of nitrogens with one attached hydrogen (secondary N) is 2. The van der Waals surface area contributed by atoms with Crippen LogP contribution in [-0.2, 0) is 14.3 Å². The molecule has 1 aromatic carbocycles. The number of amides is 3. The van der Waals surface area contributed by atoms with Gasteiger partial charge in [-0.05, 0) is 38.1 Å². The Hall–Kier alpha value is -2.90. The maximum absolute atomic E-state index is 12.0. The number of urea groups is 1. The molecule has 2 N–H and O–H groups in total. The molecule has 0 atom stereocenters. The number of Topliss-reactive ketones (excluding diaryl/α,β-unsaturated/α-hetero) is 1. The summed E-state index contributed by atoms with van der Waals surface area (Å²) in [6.07, 6.45) is -0.189. The number of ether oxygens (including phenoxy) is 2. The Kier molecular flexibility index (Phi) is 8.70. The number of benzene rings is 1. The van der Waals surface area contributed by atoms with Crippen molar-refractivity contribution in [3.8, 4) is 5.75 Å². The first-order chi connectivity index (χ1) is 12.0. The highest BCUT2D eigenvalue weighted by molar-refractivity contribution is 5.98. The van der Waals surface area contributed by atoms with Crippen molar-refractivity contribution >= 4 is 23.7 Å². The fourth-order valence-corrected chi connectivity index (χ4v) is 1.85. The van der Waals surface area contributed by atoms with Crippen molar-refractivity contribution in [1.82, 2.24) is 10.6 Å². The molecule has 25 heavy (non-hydrogen) atoms. The number of rotatable bonds is 9. The van der Waals surface area contributed by atoms with Gasteiger partial charge in [-0.3, -0.25) is 19.7 Å². The minimum Gasteiger partial charge on any atom is -0.494 e. The highest BCUT2D eigenvalue weighted by atomic mass is 16.5. The van der Waals surface area contributed by atoms with Crippen molar-refractivity contribution in [2.24, 2.45) is 0 Å². The molecular formula is C17H22N2O6. The molecule has 0 unspecified atom stereocenters. The number of carbonyl (C=O) groups is 4. The van der Waals surface area contributed by atoms with E-state index in [0.29, 0.717) is 24.5 Å². The van der Waals surface area contributed by atoms with Crippen molar-refractivity contribution in [2.75, 3.05) is 19.8 Å². The van der Waals surface area contributed by atoms with Crippen LogP contribution in [0.4, 0.5) is 4.79 Å². The van der Waals surface area contributed by atoms with Gasteiger partial charge in [0.05, 0.1) is 13.0 Å². The highest BCUT2D eigenvalue weighted by Gasteiger charge is 2.13. The second kappa shape index (κ2) is 10.8. The van der Waals surface area contributed by atoms with Gasteiger partial charge in [0, 0.05) is 18.5 Å². The average molecular weight is 350 g/mol. The summed E-state index contributed by atoms with van der Waals surface area (Å²) < 4.78 is 10.0. The van der Waals surface area contributed by atoms with E-state index >= 15 is 0 Å². The van der Waals surface area contributed by atoms with Gasteiger partial charge >= 0.3 is 12.0 Å². The third-order valence-corrected chi connectivity index (χ3v) is 3.00. The molecule has 0 spiro atoms. The van der Waals surface area contributed by atoms with E-state index in [1.54, 1.807) is 31.2 Å². The van der Waals surface area contributed by atoms with Crippen LogP contribution >= 0.6 is 0 Å². The lowest BCUT2D eigenvalue weighted by atomic mass is 10.1. The lowest BCUT2D eigenvalue weighted by Crippen LogP contribution is -2.41. The zero-order chi connectivity index (χ0) is 18.7. The fraction of sp³-hybridized carbons (Fsp3) is 0.412. The molecular weight excluding hydrogens is 328 g/mol. The molecule has 0 aromatic heterocycles. The Morgan fingerprint density at radius 1 is 1.00 bits per heavy atom. The van der Waals surface area contributed by atoms with Crippen molar-refractivity contribution < 1.29 is 28.7 Å². The van der Waals surface area contributed by atoms with Gasteiger partial charge in [-0.1, -0.05) is 0 Å². The van der Waals surface area contributed by atoms with Gasteiger partial charge in [-0.25, -0.2) is 4.79 Å². The second-order valence-electron chi connectivity index (χ2n) is 4.95. The van der Waals surface area contributed by atoms with Crippen molar-refractivity contribution in [1.29, 1.82) is 0 Å². The molecule has 136 valence electrons.